The molecule has 3 heterocycles. The fourth-order valence-corrected chi connectivity index (χ4v) is 4.67. The predicted molar refractivity (Wildman–Crippen MR) is 127 cm³/mol. The molecule has 1 atom stereocenters. The number of nitrogens with zero attached hydrogens (tertiary/aromatic N) is 3. The summed E-state index contributed by atoms with van der Waals surface area (Å²) in [6.45, 7) is 2.59. The highest BCUT2D eigenvalue weighted by Crippen LogP contribution is 2.29. The molecule has 6 nitrogen and oxygen atoms in total. The summed E-state index contributed by atoms with van der Waals surface area (Å²) < 4.78 is 0. The van der Waals surface area contributed by atoms with Crippen molar-refractivity contribution in [3.05, 3.63) is 77.3 Å². The Labute approximate surface area is 189 Å². The zero-order chi connectivity index (χ0) is 22.1. The summed E-state index contributed by atoms with van der Waals surface area (Å²) in [5.41, 5.74) is 4.19. The summed E-state index contributed by atoms with van der Waals surface area (Å²) in [6, 6.07) is 17.1. The average Bonchev–Trinajstić information content (AvgIpc) is 3.50. The van der Waals surface area contributed by atoms with Gasteiger partial charge >= 0.3 is 0 Å². The van der Waals surface area contributed by atoms with Crippen LogP contribution >= 0.6 is 11.3 Å². The van der Waals surface area contributed by atoms with Gasteiger partial charge in [-0.1, -0.05) is 48.0 Å². The van der Waals surface area contributed by atoms with E-state index in [0.29, 0.717) is 23.7 Å². The monoisotopic (exact) mass is 442 g/mol. The van der Waals surface area contributed by atoms with Crippen LogP contribution in [0.25, 0.3) is 22.2 Å². The molecule has 1 unspecified atom stereocenters. The molecule has 0 bridgehead atoms. The van der Waals surface area contributed by atoms with E-state index in [9.17, 15) is 9.59 Å². The Hall–Kier alpha value is -3.58. The molecule has 0 saturated carbocycles. The normalized spacial score (nSPS) is 15.8. The fourth-order valence-electron chi connectivity index (χ4n) is 4.14. The van der Waals surface area contributed by atoms with Crippen LogP contribution in [-0.2, 0) is 4.79 Å². The van der Waals surface area contributed by atoms with Gasteiger partial charge in [0.1, 0.15) is 6.04 Å². The molecule has 1 saturated heterocycles. The van der Waals surface area contributed by atoms with E-state index in [1.165, 1.54) is 11.3 Å². The maximum Gasteiger partial charge on any atom is 0.255 e. The molecular weight excluding hydrogens is 420 g/mol. The van der Waals surface area contributed by atoms with Crippen molar-refractivity contribution in [1.29, 1.82) is 0 Å². The van der Waals surface area contributed by atoms with Gasteiger partial charge in [-0.05, 0) is 31.9 Å². The summed E-state index contributed by atoms with van der Waals surface area (Å²) in [4.78, 5) is 37.2. The van der Waals surface area contributed by atoms with Crippen molar-refractivity contribution in [3.8, 4) is 11.3 Å². The summed E-state index contributed by atoms with van der Waals surface area (Å²) in [5.74, 6) is -0.336. The molecular formula is C25H22N4O2S. The Balaban J connectivity index is 1.52. The maximum atomic E-state index is 13.7. The van der Waals surface area contributed by atoms with E-state index in [-0.39, 0.29) is 11.8 Å². The van der Waals surface area contributed by atoms with Gasteiger partial charge in [-0.15, -0.1) is 11.3 Å². The van der Waals surface area contributed by atoms with Crippen molar-refractivity contribution >= 4 is 39.2 Å². The van der Waals surface area contributed by atoms with Gasteiger partial charge in [0.2, 0.25) is 5.91 Å². The molecule has 160 valence electrons. The number of para-hydroxylation sites is 1. The largest absolute Gasteiger partial charge is 0.327 e. The van der Waals surface area contributed by atoms with Crippen LogP contribution in [0.4, 0.5) is 5.13 Å². The van der Waals surface area contributed by atoms with Crippen LogP contribution in [0.3, 0.4) is 0 Å². The predicted octanol–water partition coefficient (Wildman–Crippen LogP) is 4.91. The lowest BCUT2D eigenvalue weighted by atomic mass is 10.0. The SMILES string of the molecule is Cc1ccc(-c2cc(C(=O)N3CCCC3C(=O)Nc3nccs3)c3ccccc3n2)cc1. The average molecular weight is 443 g/mol. The molecule has 0 spiro atoms. The van der Waals surface area contributed by atoms with Crippen molar-refractivity contribution in [2.75, 3.05) is 11.9 Å². The molecule has 0 aliphatic carbocycles. The molecule has 1 fully saturated rings. The van der Waals surface area contributed by atoms with Crippen molar-refractivity contribution in [2.24, 2.45) is 0 Å². The second kappa shape index (κ2) is 8.51. The minimum Gasteiger partial charge on any atom is -0.327 e. The van der Waals surface area contributed by atoms with Gasteiger partial charge in [-0.3, -0.25) is 9.59 Å². The molecule has 0 radical (unpaired) electrons. The van der Waals surface area contributed by atoms with Crippen LogP contribution in [0, 0.1) is 6.92 Å². The quantitative estimate of drug-likeness (QED) is 0.487. The number of amides is 2. The van der Waals surface area contributed by atoms with Gasteiger partial charge in [0, 0.05) is 29.1 Å². The lowest BCUT2D eigenvalue weighted by molar-refractivity contribution is -0.119. The molecule has 5 rings (SSSR count). The van der Waals surface area contributed by atoms with E-state index in [2.05, 4.69) is 10.3 Å². The fraction of sp³-hybridized carbons (Fsp3) is 0.200. The van der Waals surface area contributed by atoms with Crippen LogP contribution in [0.5, 0.6) is 0 Å². The Morgan fingerprint density at radius 1 is 1.12 bits per heavy atom. The highest BCUT2D eigenvalue weighted by atomic mass is 32.1. The minimum absolute atomic E-state index is 0.145. The van der Waals surface area contributed by atoms with Gasteiger partial charge in [-0.2, -0.15) is 0 Å². The summed E-state index contributed by atoms with van der Waals surface area (Å²) >= 11 is 1.36. The van der Waals surface area contributed by atoms with Crippen molar-refractivity contribution in [2.45, 2.75) is 25.8 Å². The van der Waals surface area contributed by atoms with Crippen LogP contribution < -0.4 is 5.32 Å². The van der Waals surface area contributed by atoms with Crippen LogP contribution in [-0.4, -0.2) is 39.3 Å². The standard InChI is InChI=1S/C25H22N4O2S/c1-16-8-10-17(11-9-16)21-15-19(18-5-2-3-6-20(18)27-21)24(31)29-13-4-7-22(29)23(30)28-25-26-12-14-32-25/h2-3,5-6,8-12,14-15,22H,4,7,13H2,1H3,(H,26,28,30). The summed E-state index contributed by atoms with van der Waals surface area (Å²) in [7, 11) is 0. The molecule has 1 aliphatic heterocycles. The third-order valence-electron chi connectivity index (χ3n) is 5.77. The number of aromatic nitrogens is 2. The summed E-state index contributed by atoms with van der Waals surface area (Å²) in [6.07, 6.45) is 3.07. The second-order valence-corrected chi connectivity index (χ2v) is 8.82. The number of hydrogen-bond acceptors (Lipinski definition) is 5. The Kier molecular flexibility index (Phi) is 5.41. The first-order valence-electron chi connectivity index (χ1n) is 10.6. The van der Waals surface area contributed by atoms with Gasteiger partial charge in [0.05, 0.1) is 16.8 Å². The third kappa shape index (κ3) is 3.87. The summed E-state index contributed by atoms with van der Waals surface area (Å²) in [5, 5.41) is 5.99. The second-order valence-electron chi connectivity index (χ2n) is 7.92. The number of hydrogen-bond donors (Lipinski definition) is 1. The zero-order valence-corrected chi connectivity index (χ0v) is 18.4. The number of anilines is 1. The number of thiazole rings is 1. The number of carbonyl (C=O) groups excluding carboxylic acids is 2. The highest BCUT2D eigenvalue weighted by Gasteiger charge is 2.35. The number of fused-ring (bicyclic) bond motifs is 1. The minimum atomic E-state index is -0.513. The van der Waals surface area contributed by atoms with E-state index in [4.69, 9.17) is 4.98 Å². The zero-order valence-electron chi connectivity index (χ0n) is 17.6. The molecule has 32 heavy (non-hydrogen) atoms. The molecule has 2 aromatic heterocycles. The molecule has 4 aromatic rings. The van der Waals surface area contributed by atoms with Crippen molar-refractivity contribution in [3.63, 3.8) is 0 Å². The van der Waals surface area contributed by atoms with Gasteiger partial charge < -0.3 is 10.2 Å². The Bertz CT molecular complexity index is 1290. The smallest absolute Gasteiger partial charge is 0.255 e. The number of pyridine rings is 1. The molecule has 1 aliphatic rings. The first kappa shape index (κ1) is 20.3. The molecule has 2 aromatic carbocycles. The number of likely N-dealkylation sites (tertiary alicyclic amines) is 1. The van der Waals surface area contributed by atoms with Crippen LogP contribution in [0.1, 0.15) is 28.8 Å². The third-order valence-corrected chi connectivity index (χ3v) is 6.46. The topological polar surface area (TPSA) is 75.2 Å². The van der Waals surface area contributed by atoms with E-state index < -0.39 is 6.04 Å². The highest BCUT2D eigenvalue weighted by molar-refractivity contribution is 7.13. The van der Waals surface area contributed by atoms with Gasteiger partial charge in [0.25, 0.3) is 5.91 Å². The van der Waals surface area contributed by atoms with E-state index in [0.717, 1.165) is 34.1 Å². The van der Waals surface area contributed by atoms with Crippen LogP contribution in [0.15, 0.2) is 66.2 Å². The number of aryl methyl sites for hydroxylation is 1. The van der Waals surface area contributed by atoms with Crippen molar-refractivity contribution in [1.82, 2.24) is 14.9 Å². The molecule has 7 heteroatoms. The molecule has 1 N–H and O–H groups in total. The Morgan fingerprint density at radius 3 is 2.72 bits per heavy atom. The van der Waals surface area contributed by atoms with E-state index in [1.54, 1.807) is 11.1 Å². The Morgan fingerprint density at radius 2 is 1.94 bits per heavy atom. The lowest BCUT2D eigenvalue weighted by Gasteiger charge is -2.24. The number of carbonyl (C=O) groups is 2. The van der Waals surface area contributed by atoms with Crippen molar-refractivity contribution < 1.29 is 9.59 Å². The van der Waals surface area contributed by atoms with E-state index in [1.807, 2.05) is 66.9 Å². The van der Waals surface area contributed by atoms with Crippen LogP contribution in [0.2, 0.25) is 0 Å². The molecule has 2 amide bonds. The number of benzene rings is 2. The van der Waals surface area contributed by atoms with Gasteiger partial charge in [-0.25, -0.2) is 9.97 Å². The lowest BCUT2D eigenvalue weighted by Crippen LogP contribution is -2.43. The first-order valence-corrected chi connectivity index (χ1v) is 11.5. The van der Waals surface area contributed by atoms with Gasteiger partial charge in [0.15, 0.2) is 5.13 Å². The first-order chi connectivity index (χ1) is 15.6. The van der Waals surface area contributed by atoms with E-state index >= 15 is 0 Å². The number of nitrogens with one attached hydrogen (secondary N) is 1. The maximum absolute atomic E-state index is 13.7. The number of rotatable bonds is 4.